The largest absolute Gasteiger partial charge is 0.308 e. The minimum absolute atomic E-state index is 0.0364. The fourth-order valence-corrected chi connectivity index (χ4v) is 4.87. The lowest BCUT2D eigenvalue weighted by molar-refractivity contribution is -0.384. The van der Waals surface area contributed by atoms with Crippen LogP contribution in [0.3, 0.4) is 0 Å². The summed E-state index contributed by atoms with van der Waals surface area (Å²) in [5.74, 6) is -1.26. The van der Waals surface area contributed by atoms with Crippen molar-refractivity contribution in [2.75, 3.05) is 11.4 Å². The highest BCUT2D eigenvalue weighted by atomic mass is 35.5. The zero-order valence-electron chi connectivity index (χ0n) is 13.9. The number of hydrogen-bond donors (Lipinski definition) is 1. The van der Waals surface area contributed by atoms with E-state index in [4.69, 9.17) is 23.2 Å². The SMILES string of the molecule is O=C1[C@H](NS(=O)(=O)c2cc([N+](=O)[O-])c(Cl)cc2Cl)CCN1c1ccccc1F. The van der Waals surface area contributed by atoms with Gasteiger partial charge < -0.3 is 4.90 Å². The Kier molecular flexibility index (Phi) is 5.57. The third-order valence-corrected chi connectivity index (χ3v) is 6.37. The first kappa shape index (κ1) is 20.5. The summed E-state index contributed by atoms with van der Waals surface area (Å²) in [6, 6.07) is 6.11. The van der Waals surface area contributed by atoms with Gasteiger partial charge in [0, 0.05) is 12.6 Å². The molecule has 2 aromatic carbocycles. The van der Waals surface area contributed by atoms with Gasteiger partial charge in [0.25, 0.3) is 5.69 Å². The second-order valence-electron chi connectivity index (χ2n) is 5.89. The number of rotatable bonds is 5. The summed E-state index contributed by atoms with van der Waals surface area (Å²) in [5.41, 5.74) is -0.605. The van der Waals surface area contributed by atoms with Gasteiger partial charge in [0.1, 0.15) is 21.8 Å². The lowest BCUT2D eigenvalue weighted by atomic mass is 10.2. The Morgan fingerprint density at radius 2 is 1.89 bits per heavy atom. The number of anilines is 1. The smallest absolute Gasteiger partial charge is 0.289 e. The Morgan fingerprint density at radius 1 is 1.21 bits per heavy atom. The van der Waals surface area contributed by atoms with Gasteiger partial charge >= 0.3 is 0 Å². The number of nitrogens with one attached hydrogen (secondary N) is 1. The van der Waals surface area contributed by atoms with Crippen molar-refractivity contribution in [3.8, 4) is 0 Å². The van der Waals surface area contributed by atoms with Gasteiger partial charge in [-0.25, -0.2) is 12.8 Å². The molecule has 0 aromatic heterocycles. The van der Waals surface area contributed by atoms with Crippen molar-refractivity contribution in [3.63, 3.8) is 0 Å². The van der Waals surface area contributed by atoms with E-state index in [-0.39, 0.29) is 28.7 Å². The van der Waals surface area contributed by atoms with E-state index in [0.717, 1.165) is 17.0 Å². The molecule has 2 aromatic rings. The molecule has 3 rings (SSSR count). The molecule has 1 aliphatic heterocycles. The van der Waals surface area contributed by atoms with Crippen molar-refractivity contribution in [3.05, 3.63) is 62.4 Å². The number of halogens is 3. The molecule has 1 fully saturated rings. The molecule has 148 valence electrons. The number of para-hydroxylation sites is 1. The van der Waals surface area contributed by atoms with Crippen molar-refractivity contribution >= 4 is 50.5 Å². The maximum atomic E-state index is 13.9. The summed E-state index contributed by atoms with van der Waals surface area (Å²) < 4.78 is 41.4. The van der Waals surface area contributed by atoms with Gasteiger partial charge in [-0.1, -0.05) is 35.3 Å². The van der Waals surface area contributed by atoms with Gasteiger partial charge in [-0.2, -0.15) is 4.72 Å². The van der Waals surface area contributed by atoms with E-state index >= 15 is 0 Å². The van der Waals surface area contributed by atoms with Gasteiger partial charge in [0.15, 0.2) is 0 Å². The third-order valence-electron chi connectivity index (χ3n) is 4.13. The number of carbonyl (C=O) groups is 1. The molecule has 0 spiro atoms. The highest BCUT2D eigenvalue weighted by Crippen LogP contribution is 2.34. The van der Waals surface area contributed by atoms with Crippen LogP contribution in [0.1, 0.15) is 6.42 Å². The molecule has 12 heteroatoms. The number of benzene rings is 2. The monoisotopic (exact) mass is 447 g/mol. The summed E-state index contributed by atoms with van der Waals surface area (Å²) in [7, 11) is -4.38. The van der Waals surface area contributed by atoms with Crippen LogP contribution in [0.15, 0.2) is 41.3 Å². The standard InChI is InChI=1S/C16H12Cl2FN3O5S/c17-9-7-10(18)15(8-14(9)22(24)25)28(26,27)20-12-5-6-21(16(12)23)13-4-2-1-3-11(13)19/h1-4,7-8,12,20H,5-6H2/t12-/m1/s1. The Balaban J connectivity index is 1.88. The predicted molar refractivity (Wildman–Crippen MR) is 101 cm³/mol. The molecule has 28 heavy (non-hydrogen) atoms. The number of sulfonamides is 1. The number of amides is 1. The molecule has 0 bridgehead atoms. The highest BCUT2D eigenvalue weighted by Gasteiger charge is 2.37. The van der Waals surface area contributed by atoms with Crippen LogP contribution in [0.25, 0.3) is 0 Å². The van der Waals surface area contributed by atoms with Crippen molar-refractivity contribution in [2.45, 2.75) is 17.4 Å². The molecule has 1 atom stereocenters. The van der Waals surface area contributed by atoms with Crippen LogP contribution >= 0.6 is 23.2 Å². The topological polar surface area (TPSA) is 110 Å². The third kappa shape index (κ3) is 3.81. The van der Waals surface area contributed by atoms with E-state index in [9.17, 15) is 27.7 Å². The maximum absolute atomic E-state index is 13.9. The number of nitrogens with zero attached hydrogens (tertiary/aromatic N) is 2. The summed E-state index contributed by atoms with van der Waals surface area (Å²) in [4.78, 5) is 23.3. The summed E-state index contributed by atoms with van der Waals surface area (Å²) in [5, 5.41) is 10.4. The van der Waals surface area contributed by atoms with E-state index in [2.05, 4.69) is 4.72 Å². The minimum Gasteiger partial charge on any atom is -0.308 e. The van der Waals surface area contributed by atoms with Gasteiger partial charge in [-0.3, -0.25) is 14.9 Å². The van der Waals surface area contributed by atoms with Crippen molar-refractivity contribution < 1.29 is 22.5 Å². The van der Waals surface area contributed by atoms with Gasteiger partial charge in [0.2, 0.25) is 15.9 Å². The quantitative estimate of drug-likeness (QED) is 0.559. The van der Waals surface area contributed by atoms with E-state index < -0.39 is 43.3 Å². The summed E-state index contributed by atoms with van der Waals surface area (Å²) >= 11 is 11.6. The maximum Gasteiger partial charge on any atom is 0.289 e. The minimum atomic E-state index is -4.38. The van der Waals surface area contributed by atoms with E-state index in [1.54, 1.807) is 6.07 Å². The fraction of sp³-hybridized carbons (Fsp3) is 0.188. The Hall–Kier alpha value is -2.27. The molecule has 0 saturated carbocycles. The van der Waals surface area contributed by atoms with Gasteiger partial charge in [0.05, 0.1) is 15.6 Å². The number of nitro benzene ring substituents is 1. The zero-order chi connectivity index (χ0) is 20.6. The Morgan fingerprint density at radius 3 is 2.54 bits per heavy atom. The Bertz CT molecular complexity index is 1080. The van der Waals surface area contributed by atoms with Crippen LogP contribution in [0.4, 0.5) is 15.8 Å². The average molecular weight is 448 g/mol. The zero-order valence-corrected chi connectivity index (χ0v) is 16.3. The first-order chi connectivity index (χ1) is 13.1. The van der Waals surface area contributed by atoms with E-state index in [0.29, 0.717) is 0 Å². The Labute approximate surface area is 169 Å². The molecule has 0 radical (unpaired) electrons. The molecule has 1 N–H and O–H groups in total. The normalized spacial score (nSPS) is 17.2. The first-order valence-corrected chi connectivity index (χ1v) is 10.1. The van der Waals surface area contributed by atoms with Crippen LogP contribution < -0.4 is 9.62 Å². The van der Waals surface area contributed by atoms with Gasteiger partial charge in [-0.05, 0) is 24.6 Å². The second-order valence-corrected chi connectivity index (χ2v) is 8.39. The number of nitro groups is 1. The van der Waals surface area contributed by atoms with Crippen LogP contribution in [-0.2, 0) is 14.8 Å². The first-order valence-electron chi connectivity index (χ1n) is 7.83. The van der Waals surface area contributed by atoms with E-state index in [1.807, 2.05) is 0 Å². The fourth-order valence-electron chi connectivity index (χ4n) is 2.81. The summed E-state index contributed by atoms with van der Waals surface area (Å²) in [6.07, 6.45) is 0.0830. The van der Waals surface area contributed by atoms with Crippen molar-refractivity contribution in [2.24, 2.45) is 0 Å². The molecule has 0 aliphatic carbocycles. The molecule has 0 unspecified atom stereocenters. The molecular formula is C16H12Cl2FN3O5S. The van der Waals surface area contributed by atoms with Crippen molar-refractivity contribution in [1.29, 1.82) is 0 Å². The number of hydrogen-bond acceptors (Lipinski definition) is 5. The number of carbonyl (C=O) groups excluding carboxylic acids is 1. The lowest BCUT2D eigenvalue weighted by Gasteiger charge is -2.18. The molecule has 1 amide bonds. The predicted octanol–water partition coefficient (Wildman–Crippen LogP) is 3.12. The molecule has 1 heterocycles. The molecule has 1 saturated heterocycles. The van der Waals surface area contributed by atoms with Crippen LogP contribution in [0.2, 0.25) is 10.0 Å². The molecule has 8 nitrogen and oxygen atoms in total. The molecule has 1 aliphatic rings. The van der Waals surface area contributed by atoms with Gasteiger partial charge in [-0.15, -0.1) is 0 Å². The van der Waals surface area contributed by atoms with Crippen molar-refractivity contribution in [1.82, 2.24) is 4.72 Å². The highest BCUT2D eigenvalue weighted by molar-refractivity contribution is 7.89. The second kappa shape index (κ2) is 7.63. The van der Waals surface area contributed by atoms with Crippen LogP contribution in [0.5, 0.6) is 0 Å². The average Bonchev–Trinajstić information content (AvgIpc) is 2.94. The van der Waals surface area contributed by atoms with Crippen LogP contribution in [0, 0.1) is 15.9 Å². The van der Waals surface area contributed by atoms with E-state index in [1.165, 1.54) is 18.2 Å². The lowest BCUT2D eigenvalue weighted by Crippen LogP contribution is -2.41. The summed E-state index contributed by atoms with van der Waals surface area (Å²) in [6.45, 7) is 0.0987. The molecular weight excluding hydrogens is 436 g/mol. The van der Waals surface area contributed by atoms with Crippen LogP contribution in [-0.4, -0.2) is 31.8 Å².